The number of para-hydroxylation sites is 3. The Morgan fingerprint density at radius 3 is 1.28 bits per heavy atom. The van der Waals surface area contributed by atoms with Gasteiger partial charge in [-0.15, -0.1) is 0 Å². The summed E-state index contributed by atoms with van der Waals surface area (Å²) in [6, 6.07) is 16.3. The minimum Gasteiger partial charge on any atom is -0.306 e. The lowest BCUT2D eigenvalue weighted by molar-refractivity contribution is 0.513. The molecular formula is C24H25N2P3S3. The minimum atomic E-state index is -2.20. The molecule has 6 rings (SSSR count). The highest BCUT2D eigenvalue weighted by atomic mass is 32.4. The van der Waals surface area contributed by atoms with Crippen LogP contribution in [0, 0.1) is 0 Å². The van der Waals surface area contributed by atoms with Gasteiger partial charge < -0.3 is 4.90 Å². The summed E-state index contributed by atoms with van der Waals surface area (Å²) in [5.74, 6) is 0. The van der Waals surface area contributed by atoms with Gasteiger partial charge in [0.25, 0.3) is 0 Å². The molecule has 0 amide bonds. The number of benzene rings is 3. The molecule has 0 aromatic heterocycles. The van der Waals surface area contributed by atoms with E-state index in [1.54, 1.807) is 0 Å². The van der Waals surface area contributed by atoms with E-state index in [4.69, 9.17) is 35.4 Å². The van der Waals surface area contributed by atoms with Gasteiger partial charge in [-0.3, -0.25) is 4.67 Å². The molecule has 0 spiro atoms. The fourth-order valence-corrected chi connectivity index (χ4v) is 17.1. The Labute approximate surface area is 206 Å². The number of hydrogen-bond donors (Lipinski definition) is 0. The van der Waals surface area contributed by atoms with Crippen LogP contribution in [0.1, 0.15) is 13.8 Å². The topological polar surface area (TPSA) is 6.48 Å². The van der Waals surface area contributed by atoms with Crippen molar-refractivity contribution in [3.63, 3.8) is 0 Å². The summed E-state index contributed by atoms with van der Waals surface area (Å²) in [6.45, 7) is 10.9. The van der Waals surface area contributed by atoms with Crippen LogP contribution >= 0.6 is 18.3 Å². The van der Waals surface area contributed by atoms with Gasteiger partial charge in [-0.25, -0.2) is 0 Å². The molecule has 0 N–H and O–H groups in total. The van der Waals surface area contributed by atoms with E-state index >= 15 is 0 Å². The van der Waals surface area contributed by atoms with E-state index in [-0.39, 0.29) is 0 Å². The maximum atomic E-state index is 6.76. The third-order valence-corrected chi connectivity index (χ3v) is 20.0. The number of hydrogen-bond acceptors (Lipinski definition) is 4. The molecule has 0 saturated heterocycles. The number of nitrogens with zero attached hydrogens (tertiary/aromatic N) is 2. The molecule has 3 aromatic rings. The molecule has 0 bridgehead atoms. The lowest BCUT2D eigenvalue weighted by Gasteiger charge is -2.52. The second-order valence-electron chi connectivity index (χ2n) is 8.83. The van der Waals surface area contributed by atoms with E-state index in [0.717, 1.165) is 13.1 Å². The molecule has 3 aliphatic heterocycles. The molecule has 164 valence electrons. The predicted molar refractivity (Wildman–Crippen MR) is 157 cm³/mol. The molecule has 3 heterocycles. The Morgan fingerprint density at radius 1 is 0.625 bits per heavy atom. The van der Waals surface area contributed by atoms with E-state index in [2.05, 4.69) is 91.3 Å². The predicted octanol–water partition coefficient (Wildman–Crippen LogP) is 3.90. The lowest BCUT2D eigenvalue weighted by Crippen LogP contribution is -2.51. The summed E-state index contributed by atoms with van der Waals surface area (Å²) in [6.07, 6.45) is -2.20. The largest absolute Gasteiger partial charge is 0.306 e. The third kappa shape index (κ3) is 2.39. The monoisotopic (exact) mass is 530 g/mol. The van der Waals surface area contributed by atoms with E-state index in [1.165, 1.54) is 48.9 Å². The van der Waals surface area contributed by atoms with Crippen LogP contribution in [0.25, 0.3) is 0 Å². The van der Waals surface area contributed by atoms with Crippen LogP contribution in [0.4, 0.5) is 17.1 Å². The molecule has 2 nitrogen and oxygen atoms in total. The normalized spacial score (nSPS) is 28.6. The van der Waals surface area contributed by atoms with Crippen molar-refractivity contribution in [2.75, 3.05) is 31.3 Å². The average Bonchev–Trinajstić information content (AvgIpc) is 2.78. The van der Waals surface area contributed by atoms with Crippen LogP contribution < -0.4 is 36.7 Å². The molecule has 0 radical (unpaired) electrons. The highest BCUT2D eigenvalue weighted by molar-refractivity contribution is 8.23. The summed E-state index contributed by atoms with van der Waals surface area (Å²) in [7, 11) is 0. The van der Waals surface area contributed by atoms with Crippen molar-refractivity contribution in [3.8, 4) is 0 Å². The molecule has 0 aliphatic carbocycles. The smallest absolute Gasteiger partial charge is 0.0751 e. The van der Waals surface area contributed by atoms with E-state index in [1.807, 2.05) is 0 Å². The zero-order valence-electron chi connectivity index (χ0n) is 18.6. The van der Waals surface area contributed by atoms with Crippen molar-refractivity contribution in [1.29, 1.82) is 0 Å². The van der Waals surface area contributed by atoms with Crippen LogP contribution in [-0.2, 0) is 35.4 Å². The van der Waals surface area contributed by atoms with Crippen LogP contribution in [0.3, 0.4) is 0 Å². The highest BCUT2D eigenvalue weighted by Gasteiger charge is 2.50. The van der Waals surface area contributed by atoms with Crippen molar-refractivity contribution in [2.45, 2.75) is 13.8 Å². The number of rotatable bonds is 3. The van der Waals surface area contributed by atoms with Gasteiger partial charge in [0.15, 0.2) is 0 Å². The van der Waals surface area contributed by atoms with E-state index < -0.39 is 18.3 Å². The van der Waals surface area contributed by atoms with Gasteiger partial charge in [0.05, 0.1) is 23.3 Å². The van der Waals surface area contributed by atoms with Gasteiger partial charge in [-0.1, -0.05) is 104 Å². The zero-order chi connectivity index (χ0) is 22.6. The SMILES string of the molecule is CCN(CC)P1(=S)c2cccc3c2N2c4c(cccc4P(C)(=S)c4cccc1c42)P3(C)=S. The first kappa shape index (κ1) is 21.9. The Hall–Kier alpha value is -0.630. The molecule has 2 unspecified atom stereocenters. The second kappa shape index (κ2) is 6.96. The van der Waals surface area contributed by atoms with Crippen molar-refractivity contribution in [1.82, 2.24) is 4.67 Å². The minimum absolute atomic E-state index is 0.934. The van der Waals surface area contributed by atoms with Crippen LogP contribution in [-0.4, -0.2) is 31.1 Å². The van der Waals surface area contributed by atoms with Gasteiger partial charge in [0, 0.05) is 57.0 Å². The van der Waals surface area contributed by atoms with Crippen molar-refractivity contribution in [3.05, 3.63) is 54.6 Å². The summed E-state index contributed by atoms with van der Waals surface area (Å²) < 4.78 is 2.53. The zero-order valence-corrected chi connectivity index (χ0v) is 23.7. The maximum absolute atomic E-state index is 6.76. The van der Waals surface area contributed by atoms with Crippen LogP contribution in [0.5, 0.6) is 0 Å². The first-order chi connectivity index (χ1) is 15.2. The Bertz CT molecular complexity index is 1390. The number of anilines is 3. The second-order valence-corrected chi connectivity index (χ2v) is 23.1. The van der Waals surface area contributed by atoms with Crippen LogP contribution in [0.2, 0.25) is 0 Å². The molecule has 3 aliphatic rings. The van der Waals surface area contributed by atoms with Crippen LogP contribution in [0.15, 0.2) is 54.6 Å². The maximum Gasteiger partial charge on any atom is 0.0751 e. The first-order valence-corrected chi connectivity index (χ1v) is 20.2. The third-order valence-electron chi connectivity index (χ3n) is 7.27. The molecule has 2 atom stereocenters. The van der Waals surface area contributed by atoms with Gasteiger partial charge in [-0.2, -0.15) is 0 Å². The quantitative estimate of drug-likeness (QED) is 0.473. The fraction of sp³-hybridized carbons (Fsp3) is 0.250. The van der Waals surface area contributed by atoms with Gasteiger partial charge >= 0.3 is 0 Å². The highest BCUT2D eigenvalue weighted by Crippen LogP contribution is 2.65. The first-order valence-electron chi connectivity index (χ1n) is 10.9. The van der Waals surface area contributed by atoms with E-state index in [9.17, 15) is 0 Å². The molecule has 0 fully saturated rings. The van der Waals surface area contributed by atoms with Gasteiger partial charge in [0.1, 0.15) is 0 Å². The molecule has 32 heavy (non-hydrogen) atoms. The van der Waals surface area contributed by atoms with Gasteiger partial charge in [-0.05, 0) is 13.3 Å². The van der Waals surface area contributed by atoms with Gasteiger partial charge in [0.2, 0.25) is 0 Å². The Morgan fingerprint density at radius 2 is 0.938 bits per heavy atom. The Kier molecular flexibility index (Phi) is 4.75. The molecule has 0 saturated carbocycles. The van der Waals surface area contributed by atoms with Crippen molar-refractivity contribution in [2.24, 2.45) is 0 Å². The summed E-state index contributed by atoms with van der Waals surface area (Å²) in [4.78, 5) is 2.52. The lowest BCUT2D eigenvalue weighted by atomic mass is 10.1. The van der Waals surface area contributed by atoms with Crippen molar-refractivity contribution < 1.29 is 0 Å². The summed E-state index contributed by atoms with van der Waals surface area (Å²) >= 11 is 19.7. The van der Waals surface area contributed by atoms with E-state index in [0.29, 0.717) is 0 Å². The standard InChI is InChI=1S/C24H25N2P3S3/c1-5-25(6-2)29(32)20-14-8-12-18-23(20)26-22-16(27(18,3)30)10-7-11-17(22)28(4,31)19-13-9-15-21(29)24(19)26/h7-15H,5-6H2,1-4H3. The summed E-state index contributed by atoms with van der Waals surface area (Å²) in [5.41, 5.74) is 3.84. The molecular weight excluding hydrogens is 505 g/mol. The Balaban J connectivity index is 1.89. The molecule has 3 aromatic carbocycles. The average molecular weight is 531 g/mol. The summed E-state index contributed by atoms with van der Waals surface area (Å²) in [5, 5.41) is 7.85. The van der Waals surface area contributed by atoms with Crippen molar-refractivity contribution >= 4 is 103 Å². The molecule has 8 heteroatoms. The fourth-order valence-electron chi connectivity index (χ4n) is 5.76.